The second-order valence-corrected chi connectivity index (χ2v) is 32.5. The number of fused-ring (bicyclic) bond motifs is 18. The molecule has 0 saturated carbocycles. The van der Waals surface area contributed by atoms with Crippen molar-refractivity contribution in [2.24, 2.45) is 0 Å². The zero-order valence-corrected chi connectivity index (χ0v) is 66.5. The highest BCUT2D eigenvalue weighted by Gasteiger charge is 2.29. The fraction of sp³-hybridized carbons (Fsp3) is 0.0175. The lowest BCUT2D eigenvalue weighted by Crippen LogP contribution is -2.12. The lowest BCUT2D eigenvalue weighted by Gasteiger charge is -2.20. The molecule has 0 radical (unpaired) electrons. The van der Waals surface area contributed by atoms with Gasteiger partial charge in [0.2, 0.25) is 0 Å². The van der Waals surface area contributed by atoms with Crippen molar-refractivity contribution in [3.05, 3.63) is 393 Å². The molecule has 10 heteroatoms. The second-order valence-electron chi connectivity index (χ2n) is 32.5. The van der Waals surface area contributed by atoms with Crippen LogP contribution >= 0.6 is 0 Å². The SMILES string of the molecule is C1=CC(c2nc(-c3ccc(-c4cccc5oc6c(-c7ccc8ccccc8c7)cccc6c45)c4ccccc34)nc(-c3cccc4c3oc3ccc(-c5cc(-c6ccc(-c7ccc(-c8nc(-c9ccc%10ccccc%10c9)nc(-c9cccc%10c9oc9ccccc9%10)n8)c8ccccc78)c7c6oc6ccccc67)c6ccccc6c5)cc34)n2)Cc2ccccc21. The van der Waals surface area contributed by atoms with Crippen LogP contribution in [0.2, 0.25) is 0 Å². The highest BCUT2D eigenvalue weighted by Crippen LogP contribution is 2.50. The maximum absolute atomic E-state index is 7.23. The largest absolute Gasteiger partial charge is 0.455 e. The quantitative estimate of drug-likeness (QED) is 0.123. The molecule has 10 nitrogen and oxygen atoms in total. The molecule has 576 valence electrons. The highest BCUT2D eigenvalue weighted by molar-refractivity contribution is 6.23. The first-order valence-corrected chi connectivity index (χ1v) is 42.0. The van der Waals surface area contributed by atoms with Crippen LogP contribution in [0.3, 0.4) is 0 Å². The minimum absolute atomic E-state index is 0.129. The van der Waals surface area contributed by atoms with Crippen LogP contribution in [0.25, 0.3) is 260 Å². The molecule has 6 heterocycles. The van der Waals surface area contributed by atoms with Crippen molar-refractivity contribution < 1.29 is 17.7 Å². The number of furan rings is 4. The van der Waals surface area contributed by atoms with E-state index in [1.165, 1.54) is 21.9 Å². The van der Waals surface area contributed by atoms with E-state index < -0.39 is 0 Å². The minimum Gasteiger partial charge on any atom is -0.455 e. The Balaban J connectivity index is 0.586. The van der Waals surface area contributed by atoms with E-state index in [1.54, 1.807) is 0 Å². The number of benzene rings is 19. The van der Waals surface area contributed by atoms with Crippen LogP contribution in [-0.4, -0.2) is 29.9 Å². The molecule has 25 aromatic rings. The lowest BCUT2D eigenvalue weighted by molar-refractivity contribution is 0.669. The molecular formula is C114H66N6O4. The molecule has 26 rings (SSSR count). The van der Waals surface area contributed by atoms with Crippen molar-refractivity contribution in [3.8, 4) is 113 Å². The van der Waals surface area contributed by atoms with Gasteiger partial charge in [-0.15, -0.1) is 0 Å². The lowest BCUT2D eigenvalue weighted by atomic mass is 9.88. The summed E-state index contributed by atoms with van der Waals surface area (Å²) in [6.07, 6.45) is 5.19. The van der Waals surface area contributed by atoms with Crippen molar-refractivity contribution in [2.45, 2.75) is 12.3 Å². The summed E-state index contributed by atoms with van der Waals surface area (Å²) in [5, 5.41) is 19.1. The first kappa shape index (κ1) is 69.4. The van der Waals surface area contributed by atoms with Crippen LogP contribution in [0.1, 0.15) is 22.9 Å². The van der Waals surface area contributed by atoms with Gasteiger partial charge in [0.05, 0.1) is 11.1 Å². The average molecular weight is 1580 g/mol. The predicted molar refractivity (Wildman–Crippen MR) is 506 cm³/mol. The summed E-state index contributed by atoms with van der Waals surface area (Å²) in [6.45, 7) is 0. The molecule has 1 atom stereocenters. The Hall–Kier alpha value is -16.6. The summed E-state index contributed by atoms with van der Waals surface area (Å²) in [5.41, 5.74) is 23.4. The van der Waals surface area contributed by atoms with E-state index in [0.29, 0.717) is 40.5 Å². The Kier molecular flexibility index (Phi) is 15.4. The Morgan fingerprint density at radius 3 is 1.35 bits per heavy atom. The fourth-order valence-corrected chi connectivity index (χ4v) is 19.6. The minimum atomic E-state index is -0.129. The van der Waals surface area contributed by atoms with Gasteiger partial charge >= 0.3 is 0 Å². The van der Waals surface area contributed by atoms with Crippen LogP contribution in [0.4, 0.5) is 0 Å². The topological polar surface area (TPSA) is 130 Å². The molecule has 0 fully saturated rings. The van der Waals surface area contributed by atoms with Gasteiger partial charge in [0.15, 0.2) is 29.1 Å². The Labute approximate surface area is 708 Å². The molecule has 1 aliphatic carbocycles. The van der Waals surface area contributed by atoms with Crippen LogP contribution in [0.5, 0.6) is 0 Å². The Bertz CT molecular complexity index is 8910. The molecule has 0 N–H and O–H groups in total. The van der Waals surface area contributed by atoms with E-state index in [9.17, 15) is 0 Å². The first-order chi connectivity index (χ1) is 61.4. The number of hydrogen-bond acceptors (Lipinski definition) is 10. The maximum Gasteiger partial charge on any atom is 0.167 e. The Morgan fingerprint density at radius 2 is 0.645 bits per heavy atom. The summed E-state index contributed by atoms with van der Waals surface area (Å²) in [7, 11) is 0. The number of aromatic nitrogens is 6. The van der Waals surface area contributed by atoms with E-state index in [1.807, 2.05) is 24.3 Å². The van der Waals surface area contributed by atoms with Crippen LogP contribution in [0.15, 0.2) is 394 Å². The van der Waals surface area contributed by atoms with Crippen molar-refractivity contribution in [3.63, 3.8) is 0 Å². The van der Waals surface area contributed by atoms with Crippen LogP contribution in [0, 0.1) is 0 Å². The van der Waals surface area contributed by atoms with E-state index in [4.69, 9.17) is 47.6 Å². The third-order valence-corrected chi connectivity index (χ3v) is 25.5. The molecule has 1 unspecified atom stereocenters. The monoisotopic (exact) mass is 1580 g/mol. The molecule has 0 spiro atoms. The molecule has 0 aliphatic heterocycles. The predicted octanol–water partition coefficient (Wildman–Crippen LogP) is 30.4. The van der Waals surface area contributed by atoms with Crippen LogP contribution < -0.4 is 0 Å². The average Bonchev–Trinajstić information content (AvgIpc) is 1.51. The third kappa shape index (κ3) is 11.1. The van der Waals surface area contributed by atoms with E-state index in [-0.39, 0.29) is 5.92 Å². The first-order valence-electron chi connectivity index (χ1n) is 42.0. The highest BCUT2D eigenvalue weighted by atomic mass is 16.3. The van der Waals surface area contributed by atoms with Crippen molar-refractivity contribution >= 4 is 148 Å². The number of nitrogens with zero attached hydrogens (tertiary/aromatic N) is 6. The summed E-state index contributed by atoms with van der Waals surface area (Å²) in [5.74, 6) is 3.30. The molecule has 0 amide bonds. The number of rotatable bonds is 11. The molecule has 124 heavy (non-hydrogen) atoms. The van der Waals surface area contributed by atoms with Gasteiger partial charge in [0, 0.05) is 76.8 Å². The smallest absolute Gasteiger partial charge is 0.167 e. The van der Waals surface area contributed by atoms with Gasteiger partial charge in [-0.3, -0.25) is 0 Å². The van der Waals surface area contributed by atoms with Gasteiger partial charge in [-0.05, 0) is 201 Å². The standard InChI is InChI=1S/C114H66N6O4/c1-4-24-68-59-73(48-45-65(68)21-1)78-35-17-39-94-103-86(36-20-44-102(103)124-105(78)94)83-52-56-91(81-31-11-9-29-79(81)83)111-116-110(75-50-47-67-23-3-6-26-70(67)61-75)118-114(120-111)96-41-19-38-89-98-63-71(51-58-101(98)122-107(89)96)76-62-72-27-7-8-28-77(72)97(64-76)90-55-54-87(104-93-34-14-16-43-100(93)123-108(90)104)84-53-57-92(82-32-12-10-30-80(82)84)112-115-109(74-49-46-66-22-2-5-25-69(66)60-74)117-113(119-112)95-40-18-37-88-85-33-13-15-42-99(85)121-106(88)95/h1-60,62-64,75H,61H2. The summed E-state index contributed by atoms with van der Waals surface area (Å²) in [6, 6.07) is 131. The molecule has 0 saturated heterocycles. The van der Waals surface area contributed by atoms with E-state index >= 15 is 0 Å². The van der Waals surface area contributed by atoms with Gasteiger partial charge in [0.25, 0.3) is 0 Å². The van der Waals surface area contributed by atoms with Crippen molar-refractivity contribution in [2.75, 3.05) is 0 Å². The molecule has 0 bridgehead atoms. The van der Waals surface area contributed by atoms with E-state index in [2.05, 4.69) is 358 Å². The molecular weight excluding hydrogens is 1520 g/mol. The number of para-hydroxylation sites is 5. The summed E-state index contributed by atoms with van der Waals surface area (Å²) >= 11 is 0. The normalized spacial score (nSPS) is 13.0. The van der Waals surface area contributed by atoms with Crippen molar-refractivity contribution in [1.29, 1.82) is 0 Å². The molecule has 1 aliphatic rings. The van der Waals surface area contributed by atoms with Gasteiger partial charge in [-0.2, -0.15) is 0 Å². The van der Waals surface area contributed by atoms with Gasteiger partial charge in [-0.1, -0.05) is 297 Å². The van der Waals surface area contributed by atoms with Gasteiger partial charge < -0.3 is 17.7 Å². The zero-order chi connectivity index (χ0) is 81.2. The number of allylic oxidation sites excluding steroid dienone is 1. The maximum atomic E-state index is 7.23. The van der Waals surface area contributed by atoms with Crippen LogP contribution in [-0.2, 0) is 6.42 Å². The number of hydrogen-bond donors (Lipinski definition) is 0. The van der Waals surface area contributed by atoms with Crippen molar-refractivity contribution in [1.82, 2.24) is 29.9 Å². The van der Waals surface area contributed by atoms with Gasteiger partial charge in [-0.25, -0.2) is 29.9 Å². The third-order valence-electron chi connectivity index (χ3n) is 25.5. The molecule has 6 aromatic heterocycles. The Morgan fingerprint density at radius 1 is 0.210 bits per heavy atom. The van der Waals surface area contributed by atoms with E-state index in [0.717, 1.165) is 215 Å². The fourth-order valence-electron chi connectivity index (χ4n) is 19.6. The molecule has 19 aromatic carbocycles. The second kappa shape index (κ2) is 27.5. The summed E-state index contributed by atoms with van der Waals surface area (Å²) in [4.78, 5) is 32.6. The zero-order valence-electron chi connectivity index (χ0n) is 66.5. The summed E-state index contributed by atoms with van der Waals surface area (Å²) < 4.78 is 27.9. The van der Waals surface area contributed by atoms with Gasteiger partial charge in [0.1, 0.15) is 50.5 Å².